The van der Waals surface area contributed by atoms with Crippen LogP contribution in [0.3, 0.4) is 0 Å². The van der Waals surface area contributed by atoms with Crippen LogP contribution in [0.25, 0.3) is 0 Å². The molecule has 2 aliphatic heterocycles. The van der Waals surface area contributed by atoms with Gasteiger partial charge >= 0.3 is 6.29 Å². The predicted octanol–water partition coefficient (Wildman–Crippen LogP) is 1.66. The van der Waals surface area contributed by atoms with Gasteiger partial charge in [-0.2, -0.15) is 0 Å². The van der Waals surface area contributed by atoms with Crippen molar-refractivity contribution in [1.82, 2.24) is 10.2 Å². The van der Waals surface area contributed by atoms with E-state index in [1.807, 2.05) is 0 Å². The molecule has 3 rings (SSSR count). The van der Waals surface area contributed by atoms with Gasteiger partial charge in [-0.05, 0) is 31.6 Å². The molecule has 0 bridgehead atoms. The number of anilines is 1. The Labute approximate surface area is 138 Å². The minimum Gasteiger partial charge on any atom is -0.395 e. The lowest BCUT2D eigenvalue weighted by Gasteiger charge is -2.18. The monoisotopic (exact) mass is 349 g/mol. The second-order valence-corrected chi connectivity index (χ2v) is 5.26. The van der Waals surface area contributed by atoms with Crippen LogP contribution in [0.4, 0.5) is 14.5 Å². The Morgan fingerprint density at radius 1 is 1.26 bits per heavy atom. The van der Waals surface area contributed by atoms with E-state index in [-0.39, 0.29) is 36.4 Å². The Morgan fingerprint density at radius 2 is 2.04 bits per heavy atom. The van der Waals surface area contributed by atoms with Crippen molar-refractivity contribution in [1.29, 1.82) is 0 Å². The SMILES string of the molecule is Cl.O=C(CN1CCCNCC1)Nc1ccc2c(c1)OC(F)(F)O2. The third-order valence-corrected chi connectivity index (χ3v) is 3.48. The molecule has 1 aromatic carbocycles. The minimum absolute atomic E-state index is 0. The molecular formula is C14H18ClF2N3O3. The third-order valence-electron chi connectivity index (χ3n) is 3.48. The molecule has 0 spiro atoms. The number of benzene rings is 1. The number of amides is 1. The second kappa shape index (κ2) is 7.29. The molecule has 6 nitrogen and oxygen atoms in total. The van der Waals surface area contributed by atoms with E-state index in [0.717, 1.165) is 32.6 Å². The first-order chi connectivity index (χ1) is 10.5. The number of hydrogen-bond acceptors (Lipinski definition) is 5. The fraction of sp³-hybridized carbons (Fsp3) is 0.500. The Balaban J connectivity index is 0.00000192. The van der Waals surface area contributed by atoms with Gasteiger partial charge in [0.1, 0.15) is 0 Å². The maximum Gasteiger partial charge on any atom is 0.586 e. The molecule has 1 aromatic rings. The van der Waals surface area contributed by atoms with E-state index in [2.05, 4.69) is 25.0 Å². The molecule has 1 saturated heterocycles. The highest BCUT2D eigenvalue weighted by Gasteiger charge is 2.43. The summed E-state index contributed by atoms with van der Waals surface area (Å²) < 4.78 is 34.5. The molecule has 0 aliphatic carbocycles. The fourth-order valence-corrected chi connectivity index (χ4v) is 2.49. The number of carbonyl (C=O) groups is 1. The summed E-state index contributed by atoms with van der Waals surface area (Å²) in [5.74, 6) is -0.309. The van der Waals surface area contributed by atoms with Gasteiger partial charge in [0, 0.05) is 24.8 Å². The minimum atomic E-state index is -3.65. The number of halogens is 3. The van der Waals surface area contributed by atoms with Gasteiger partial charge in [0.05, 0.1) is 6.54 Å². The van der Waals surface area contributed by atoms with Crippen LogP contribution >= 0.6 is 12.4 Å². The lowest BCUT2D eigenvalue weighted by Crippen LogP contribution is -2.35. The van der Waals surface area contributed by atoms with Crippen molar-refractivity contribution in [2.45, 2.75) is 12.7 Å². The Kier molecular flexibility index (Phi) is 5.61. The quantitative estimate of drug-likeness (QED) is 0.869. The number of hydrogen-bond donors (Lipinski definition) is 2. The van der Waals surface area contributed by atoms with E-state index in [9.17, 15) is 13.6 Å². The zero-order valence-corrected chi connectivity index (χ0v) is 13.1. The van der Waals surface area contributed by atoms with Crippen LogP contribution < -0.4 is 20.1 Å². The number of fused-ring (bicyclic) bond motifs is 1. The highest BCUT2D eigenvalue weighted by molar-refractivity contribution is 5.92. The summed E-state index contributed by atoms with van der Waals surface area (Å²) in [5.41, 5.74) is 0.401. The number of ether oxygens (including phenoxy) is 2. The number of carbonyl (C=O) groups excluding carboxylic acids is 1. The largest absolute Gasteiger partial charge is 0.586 e. The smallest absolute Gasteiger partial charge is 0.395 e. The molecular weight excluding hydrogens is 332 g/mol. The second-order valence-electron chi connectivity index (χ2n) is 5.26. The summed E-state index contributed by atoms with van der Waals surface area (Å²) in [4.78, 5) is 14.1. The van der Waals surface area contributed by atoms with Gasteiger partial charge in [-0.1, -0.05) is 0 Å². The molecule has 0 saturated carbocycles. The highest BCUT2D eigenvalue weighted by atomic mass is 35.5. The van der Waals surface area contributed by atoms with Crippen molar-refractivity contribution in [3.63, 3.8) is 0 Å². The van der Waals surface area contributed by atoms with E-state index in [1.165, 1.54) is 18.2 Å². The van der Waals surface area contributed by atoms with Crippen molar-refractivity contribution in [2.24, 2.45) is 0 Å². The van der Waals surface area contributed by atoms with Crippen molar-refractivity contribution in [3.05, 3.63) is 18.2 Å². The van der Waals surface area contributed by atoms with Gasteiger partial charge < -0.3 is 20.1 Å². The van der Waals surface area contributed by atoms with Gasteiger partial charge in [0.2, 0.25) is 5.91 Å². The average Bonchev–Trinajstić information content (AvgIpc) is 2.61. The summed E-state index contributed by atoms with van der Waals surface area (Å²) in [6, 6.07) is 4.19. The van der Waals surface area contributed by atoms with E-state index in [1.54, 1.807) is 0 Å². The molecule has 0 atom stereocenters. The molecule has 2 heterocycles. The third kappa shape index (κ3) is 4.66. The summed E-state index contributed by atoms with van der Waals surface area (Å²) in [6.45, 7) is 3.74. The molecule has 1 amide bonds. The maximum absolute atomic E-state index is 12.9. The molecule has 9 heteroatoms. The van der Waals surface area contributed by atoms with Crippen molar-refractivity contribution < 1.29 is 23.0 Å². The van der Waals surface area contributed by atoms with Gasteiger partial charge in [-0.15, -0.1) is 21.2 Å². The molecule has 0 aromatic heterocycles. The van der Waals surface area contributed by atoms with Gasteiger partial charge in [0.15, 0.2) is 11.5 Å². The van der Waals surface area contributed by atoms with Crippen molar-refractivity contribution in [2.75, 3.05) is 38.0 Å². The molecule has 128 valence electrons. The first-order valence-electron chi connectivity index (χ1n) is 7.15. The van der Waals surface area contributed by atoms with Crippen molar-refractivity contribution in [3.8, 4) is 11.5 Å². The number of nitrogens with one attached hydrogen (secondary N) is 2. The zero-order chi connectivity index (χ0) is 15.6. The number of rotatable bonds is 3. The Bertz CT molecular complexity index is 566. The van der Waals surface area contributed by atoms with E-state index < -0.39 is 6.29 Å². The lowest BCUT2D eigenvalue weighted by atomic mass is 10.2. The first kappa shape index (κ1) is 17.7. The Hall–Kier alpha value is -1.64. The van der Waals surface area contributed by atoms with E-state index in [0.29, 0.717) is 5.69 Å². The van der Waals surface area contributed by atoms with Crippen LogP contribution in [0.5, 0.6) is 11.5 Å². The van der Waals surface area contributed by atoms with E-state index >= 15 is 0 Å². The van der Waals surface area contributed by atoms with Crippen LogP contribution in [0, 0.1) is 0 Å². The average molecular weight is 350 g/mol. The van der Waals surface area contributed by atoms with Crippen LogP contribution in [0.1, 0.15) is 6.42 Å². The summed E-state index contributed by atoms with van der Waals surface area (Å²) in [6.07, 6.45) is -2.66. The normalized spacial score (nSPS) is 19.6. The number of alkyl halides is 2. The first-order valence-corrected chi connectivity index (χ1v) is 7.15. The predicted molar refractivity (Wildman–Crippen MR) is 82.4 cm³/mol. The summed E-state index contributed by atoms with van der Waals surface area (Å²) >= 11 is 0. The molecule has 2 N–H and O–H groups in total. The van der Waals surface area contributed by atoms with Gasteiger partial charge in [0.25, 0.3) is 0 Å². The standard InChI is InChI=1S/C14H17F2N3O3.ClH/c15-14(16)21-11-3-2-10(8-12(11)22-14)18-13(20)9-19-6-1-4-17-5-7-19;/h2-3,8,17H,1,4-7,9H2,(H,18,20);1H. The molecule has 2 aliphatic rings. The Morgan fingerprint density at radius 3 is 2.87 bits per heavy atom. The van der Waals surface area contributed by atoms with Crippen LogP contribution in [-0.2, 0) is 4.79 Å². The number of nitrogens with zero attached hydrogens (tertiary/aromatic N) is 1. The topological polar surface area (TPSA) is 62.8 Å². The fourth-order valence-electron chi connectivity index (χ4n) is 2.49. The molecule has 0 radical (unpaired) electrons. The molecule has 1 fully saturated rings. The van der Waals surface area contributed by atoms with Crippen molar-refractivity contribution >= 4 is 24.0 Å². The highest BCUT2D eigenvalue weighted by Crippen LogP contribution is 2.42. The van der Waals surface area contributed by atoms with Crippen LogP contribution in [0.15, 0.2) is 18.2 Å². The van der Waals surface area contributed by atoms with Gasteiger partial charge in [-0.25, -0.2) is 0 Å². The van der Waals surface area contributed by atoms with E-state index in [4.69, 9.17) is 0 Å². The van der Waals surface area contributed by atoms with Crippen LogP contribution in [-0.4, -0.2) is 49.8 Å². The maximum atomic E-state index is 12.9. The molecule has 23 heavy (non-hydrogen) atoms. The lowest BCUT2D eigenvalue weighted by molar-refractivity contribution is -0.286. The molecule has 0 unspecified atom stereocenters. The summed E-state index contributed by atoms with van der Waals surface area (Å²) in [7, 11) is 0. The summed E-state index contributed by atoms with van der Waals surface area (Å²) in [5, 5.41) is 5.95. The zero-order valence-electron chi connectivity index (χ0n) is 12.3. The van der Waals surface area contributed by atoms with Gasteiger partial charge in [-0.3, -0.25) is 9.69 Å². The van der Waals surface area contributed by atoms with Crippen LogP contribution in [0.2, 0.25) is 0 Å².